The van der Waals surface area contributed by atoms with Gasteiger partial charge in [0.1, 0.15) is 0 Å². The summed E-state index contributed by atoms with van der Waals surface area (Å²) in [5.41, 5.74) is 0.707. The average molecular weight is 226 g/mol. The summed E-state index contributed by atoms with van der Waals surface area (Å²) in [5.74, 6) is -0.886. The molecule has 0 spiro atoms. The Morgan fingerprint density at radius 1 is 1.40 bits per heavy atom. The Balaban J connectivity index is 2.51. The van der Waals surface area contributed by atoms with Gasteiger partial charge in [-0.2, -0.15) is 0 Å². The summed E-state index contributed by atoms with van der Waals surface area (Å²) >= 11 is 5.75. The van der Waals surface area contributed by atoms with Crippen molar-refractivity contribution in [1.82, 2.24) is 0 Å². The second-order valence-electron chi connectivity index (χ2n) is 3.23. The van der Waals surface area contributed by atoms with Crippen molar-refractivity contribution in [1.29, 1.82) is 0 Å². The number of benzene rings is 1. The topological polar surface area (TPSA) is 55.4 Å². The smallest absolute Gasteiger partial charge is 0.341 e. The molecule has 1 aliphatic heterocycles. The van der Waals surface area contributed by atoms with Crippen LogP contribution in [0, 0.1) is 0 Å². The number of rotatable bonds is 0. The summed E-state index contributed by atoms with van der Waals surface area (Å²) in [6, 6.07) is 4.65. The standard InChI is InChI=1S/C10H8ClNO3/c1-5-9(13)12-8-3-2-6(11)4-7(8)10(14)15-5/h2-5H,1H3,(H,12,13)/t5-/m1/s1. The molecule has 2 rings (SSSR count). The number of amides is 1. The predicted molar refractivity (Wildman–Crippen MR) is 55.0 cm³/mol. The largest absolute Gasteiger partial charge is 0.449 e. The van der Waals surface area contributed by atoms with Crippen molar-refractivity contribution in [2.24, 2.45) is 0 Å². The fraction of sp³-hybridized carbons (Fsp3) is 0.200. The van der Waals surface area contributed by atoms with E-state index in [0.717, 1.165) is 0 Å². The first-order chi connectivity index (χ1) is 7.08. The fourth-order valence-electron chi connectivity index (χ4n) is 1.31. The number of carbonyl (C=O) groups is 2. The van der Waals surface area contributed by atoms with Crippen molar-refractivity contribution in [2.75, 3.05) is 5.32 Å². The molecule has 1 N–H and O–H groups in total. The van der Waals surface area contributed by atoms with Gasteiger partial charge in [0.15, 0.2) is 6.10 Å². The molecular weight excluding hydrogens is 218 g/mol. The van der Waals surface area contributed by atoms with Gasteiger partial charge in [-0.1, -0.05) is 11.6 Å². The minimum absolute atomic E-state index is 0.278. The lowest BCUT2D eigenvalue weighted by Crippen LogP contribution is -2.26. The van der Waals surface area contributed by atoms with Crippen LogP contribution in [0.5, 0.6) is 0 Å². The number of anilines is 1. The highest BCUT2D eigenvalue weighted by Crippen LogP contribution is 2.24. The van der Waals surface area contributed by atoms with E-state index in [1.807, 2.05) is 0 Å². The van der Waals surface area contributed by atoms with Gasteiger partial charge >= 0.3 is 5.97 Å². The van der Waals surface area contributed by atoms with Crippen LogP contribution in [0.2, 0.25) is 5.02 Å². The Labute approximate surface area is 91.2 Å². The number of cyclic esters (lactones) is 1. The number of hydrogen-bond acceptors (Lipinski definition) is 3. The second-order valence-corrected chi connectivity index (χ2v) is 3.66. The quantitative estimate of drug-likeness (QED) is 0.686. The molecule has 0 fully saturated rings. The number of hydrogen-bond donors (Lipinski definition) is 1. The Hall–Kier alpha value is -1.55. The van der Waals surface area contributed by atoms with E-state index in [0.29, 0.717) is 10.7 Å². The van der Waals surface area contributed by atoms with Crippen LogP contribution in [0.3, 0.4) is 0 Å². The zero-order chi connectivity index (χ0) is 11.0. The van der Waals surface area contributed by atoms with Crippen molar-refractivity contribution in [3.8, 4) is 0 Å². The molecular formula is C10H8ClNO3. The Morgan fingerprint density at radius 3 is 2.87 bits per heavy atom. The number of nitrogens with one attached hydrogen (secondary N) is 1. The molecule has 0 aromatic heterocycles. The van der Waals surface area contributed by atoms with Gasteiger partial charge in [0, 0.05) is 5.02 Å². The van der Waals surface area contributed by atoms with Crippen molar-refractivity contribution >= 4 is 29.2 Å². The maximum atomic E-state index is 11.5. The molecule has 78 valence electrons. The third-order valence-electron chi connectivity index (χ3n) is 2.11. The number of carbonyl (C=O) groups excluding carboxylic acids is 2. The summed E-state index contributed by atoms with van der Waals surface area (Å²) in [7, 11) is 0. The zero-order valence-electron chi connectivity index (χ0n) is 7.91. The summed E-state index contributed by atoms with van der Waals surface area (Å²) < 4.78 is 4.90. The van der Waals surface area contributed by atoms with Gasteiger partial charge in [-0.25, -0.2) is 4.79 Å². The first-order valence-corrected chi connectivity index (χ1v) is 4.77. The van der Waals surface area contributed by atoms with E-state index >= 15 is 0 Å². The van der Waals surface area contributed by atoms with Gasteiger partial charge in [0.05, 0.1) is 11.3 Å². The number of halogens is 1. The molecule has 15 heavy (non-hydrogen) atoms. The summed E-state index contributed by atoms with van der Waals surface area (Å²) in [4.78, 5) is 22.9. The van der Waals surface area contributed by atoms with Gasteiger partial charge in [-0.3, -0.25) is 4.79 Å². The molecule has 4 nitrogen and oxygen atoms in total. The lowest BCUT2D eigenvalue weighted by atomic mass is 10.2. The van der Waals surface area contributed by atoms with E-state index < -0.39 is 12.1 Å². The third kappa shape index (κ3) is 1.80. The molecule has 0 saturated carbocycles. The van der Waals surface area contributed by atoms with Crippen LogP contribution in [-0.2, 0) is 9.53 Å². The van der Waals surface area contributed by atoms with Crippen LogP contribution in [0.15, 0.2) is 18.2 Å². The minimum atomic E-state index is -0.788. The number of fused-ring (bicyclic) bond motifs is 1. The molecule has 1 heterocycles. The fourth-order valence-corrected chi connectivity index (χ4v) is 1.48. The molecule has 5 heteroatoms. The van der Waals surface area contributed by atoms with Crippen molar-refractivity contribution in [2.45, 2.75) is 13.0 Å². The second kappa shape index (κ2) is 3.55. The van der Waals surface area contributed by atoms with E-state index in [1.165, 1.54) is 13.0 Å². The predicted octanol–water partition coefficient (Wildman–Crippen LogP) is 1.84. The lowest BCUT2D eigenvalue weighted by Gasteiger charge is -2.06. The maximum Gasteiger partial charge on any atom is 0.341 e. The Bertz CT molecular complexity index is 444. The van der Waals surface area contributed by atoms with Crippen LogP contribution < -0.4 is 5.32 Å². The van der Waals surface area contributed by atoms with Crippen molar-refractivity contribution in [3.63, 3.8) is 0 Å². The molecule has 1 aliphatic rings. The zero-order valence-corrected chi connectivity index (χ0v) is 8.67. The molecule has 0 bridgehead atoms. The maximum absolute atomic E-state index is 11.5. The van der Waals surface area contributed by atoms with E-state index in [9.17, 15) is 9.59 Å². The molecule has 1 atom stereocenters. The monoisotopic (exact) mass is 225 g/mol. The van der Waals surface area contributed by atoms with E-state index in [-0.39, 0.29) is 11.5 Å². The van der Waals surface area contributed by atoms with Crippen LogP contribution in [0.1, 0.15) is 17.3 Å². The van der Waals surface area contributed by atoms with Gasteiger partial charge in [-0.15, -0.1) is 0 Å². The van der Waals surface area contributed by atoms with Gasteiger partial charge in [0.2, 0.25) is 0 Å². The SMILES string of the molecule is C[C@H]1OC(=O)c2cc(Cl)ccc2NC1=O. The van der Waals surface area contributed by atoms with Crippen LogP contribution >= 0.6 is 11.6 Å². The number of ether oxygens (including phenoxy) is 1. The molecule has 0 aliphatic carbocycles. The highest BCUT2D eigenvalue weighted by Gasteiger charge is 2.26. The lowest BCUT2D eigenvalue weighted by molar-refractivity contribution is -0.123. The minimum Gasteiger partial charge on any atom is -0.449 e. The molecule has 0 saturated heterocycles. The highest BCUT2D eigenvalue weighted by molar-refractivity contribution is 6.31. The summed E-state index contributed by atoms with van der Waals surface area (Å²) in [5, 5.41) is 3.01. The Morgan fingerprint density at radius 2 is 2.13 bits per heavy atom. The van der Waals surface area contributed by atoms with Gasteiger partial charge in [0.25, 0.3) is 5.91 Å². The summed E-state index contributed by atoms with van der Waals surface area (Å²) in [6.45, 7) is 1.51. The van der Waals surface area contributed by atoms with E-state index in [2.05, 4.69) is 5.32 Å². The van der Waals surface area contributed by atoms with E-state index in [1.54, 1.807) is 12.1 Å². The van der Waals surface area contributed by atoms with Crippen LogP contribution in [-0.4, -0.2) is 18.0 Å². The highest BCUT2D eigenvalue weighted by atomic mass is 35.5. The summed E-state index contributed by atoms with van der Waals surface area (Å²) in [6.07, 6.45) is -0.788. The molecule has 1 aromatic carbocycles. The average Bonchev–Trinajstić information content (AvgIpc) is 2.28. The van der Waals surface area contributed by atoms with Crippen molar-refractivity contribution < 1.29 is 14.3 Å². The molecule has 0 radical (unpaired) electrons. The van der Waals surface area contributed by atoms with Gasteiger partial charge in [-0.05, 0) is 25.1 Å². The van der Waals surface area contributed by atoms with Crippen molar-refractivity contribution in [3.05, 3.63) is 28.8 Å². The number of esters is 1. The van der Waals surface area contributed by atoms with E-state index in [4.69, 9.17) is 16.3 Å². The first-order valence-electron chi connectivity index (χ1n) is 4.39. The normalized spacial score (nSPS) is 20.0. The molecule has 1 amide bonds. The molecule has 0 unspecified atom stereocenters. The first kappa shape index (κ1) is 9.98. The Kier molecular flexibility index (Phi) is 2.36. The third-order valence-corrected chi connectivity index (χ3v) is 2.35. The van der Waals surface area contributed by atoms with Gasteiger partial charge < -0.3 is 10.1 Å². The van der Waals surface area contributed by atoms with Crippen LogP contribution in [0.4, 0.5) is 5.69 Å². The van der Waals surface area contributed by atoms with Crippen LogP contribution in [0.25, 0.3) is 0 Å². The molecule has 1 aromatic rings.